The number of anilines is 1. The fourth-order valence-corrected chi connectivity index (χ4v) is 1.82. The van der Waals surface area contributed by atoms with Gasteiger partial charge in [0.1, 0.15) is 10.8 Å². The van der Waals surface area contributed by atoms with Gasteiger partial charge in [0.05, 0.1) is 17.7 Å². The molecule has 5 nitrogen and oxygen atoms in total. The summed E-state index contributed by atoms with van der Waals surface area (Å²) in [5.74, 6) is -3.99. The Labute approximate surface area is 127 Å². The maximum atomic E-state index is 13.9. The number of halogens is 4. The van der Waals surface area contributed by atoms with E-state index in [1.165, 1.54) is 0 Å². The zero-order chi connectivity index (χ0) is 15.7. The molecule has 0 saturated heterocycles. The van der Waals surface area contributed by atoms with Crippen LogP contribution in [0.2, 0.25) is 10.0 Å². The van der Waals surface area contributed by atoms with Crippen LogP contribution in [0.1, 0.15) is 10.5 Å². The summed E-state index contributed by atoms with van der Waals surface area (Å²) in [6.07, 6.45) is 0. The van der Waals surface area contributed by atoms with E-state index in [0.717, 1.165) is 19.2 Å². The maximum absolute atomic E-state index is 13.9. The molecule has 2 rings (SSSR count). The number of carbonyl (C=O) groups is 1. The molecule has 0 radical (unpaired) electrons. The summed E-state index contributed by atoms with van der Waals surface area (Å²) in [5, 5.41) is -0.633. The van der Waals surface area contributed by atoms with E-state index in [1.54, 1.807) is 0 Å². The van der Waals surface area contributed by atoms with Gasteiger partial charge in [-0.05, 0) is 12.1 Å². The number of aromatic nitrogens is 2. The van der Waals surface area contributed by atoms with Gasteiger partial charge < -0.3 is 10.5 Å². The van der Waals surface area contributed by atoms with Crippen LogP contribution in [0.4, 0.5) is 14.6 Å². The van der Waals surface area contributed by atoms with Gasteiger partial charge in [-0.25, -0.2) is 23.5 Å². The predicted molar refractivity (Wildman–Crippen MR) is 73.2 cm³/mol. The third-order valence-corrected chi connectivity index (χ3v) is 3.20. The van der Waals surface area contributed by atoms with E-state index in [0.29, 0.717) is 0 Å². The van der Waals surface area contributed by atoms with E-state index in [9.17, 15) is 13.6 Å². The summed E-state index contributed by atoms with van der Waals surface area (Å²) in [6.45, 7) is 0. The van der Waals surface area contributed by atoms with Gasteiger partial charge in [-0.15, -0.1) is 0 Å². The van der Waals surface area contributed by atoms with Gasteiger partial charge in [-0.3, -0.25) is 0 Å². The first kappa shape index (κ1) is 15.4. The van der Waals surface area contributed by atoms with Crippen LogP contribution in [0.15, 0.2) is 12.1 Å². The largest absolute Gasteiger partial charge is 0.464 e. The molecule has 0 aliphatic heterocycles. The molecule has 9 heteroatoms. The minimum absolute atomic E-state index is 0.236. The Balaban J connectivity index is 2.68. The van der Waals surface area contributed by atoms with Gasteiger partial charge >= 0.3 is 5.97 Å². The van der Waals surface area contributed by atoms with Crippen LogP contribution in [-0.4, -0.2) is 23.0 Å². The first-order chi connectivity index (χ1) is 9.86. The number of hydrogen-bond acceptors (Lipinski definition) is 5. The third-order valence-electron chi connectivity index (χ3n) is 2.53. The number of benzene rings is 1. The number of nitrogens with two attached hydrogens (primary N) is 1. The first-order valence-electron chi connectivity index (χ1n) is 5.42. The molecule has 0 atom stereocenters. The lowest BCUT2D eigenvalue weighted by Crippen LogP contribution is -2.10. The zero-order valence-corrected chi connectivity index (χ0v) is 12.0. The quantitative estimate of drug-likeness (QED) is 0.674. The normalized spacial score (nSPS) is 10.5. The third kappa shape index (κ3) is 2.74. The number of nitrogens with zero attached hydrogens (tertiary/aromatic N) is 2. The van der Waals surface area contributed by atoms with Crippen molar-refractivity contribution in [2.24, 2.45) is 0 Å². The summed E-state index contributed by atoms with van der Waals surface area (Å²) in [7, 11) is 1.11. The molecule has 2 N–H and O–H groups in total. The van der Waals surface area contributed by atoms with Crippen LogP contribution >= 0.6 is 23.2 Å². The zero-order valence-electron chi connectivity index (χ0n) is 10.5. The van der Waals surface area contributed by atoms with E-state index >= 15 is 0 Å². The smallest absolute Gasteiger partial charge is 0.358 e. The van der Waals surface area contributed by atoms with Crippen molar-refractivity contribution in [1.29, 1.82) is 0 Å². The Bertz CT molecular complexity index is 741. The molecule has 0 bridgehead atoms. The van der Waals surface area contributed by atoms with Crippen LogP contribution in [-0.2, 0) is 4.74 Å². The molecule has 0 saturated carbocycles. The van der Waals surface area contributed by atoms with Crippen LogP contribution in [0.3, 0.4) is 0 Å². The molecule has 0 amide bonds. The number of carbonyl (C=O) groups excluding carboxylic acids is 1. The number of ether oxygens (including phenoxy) is 1. The van der Waals surface area contributed by atoms with Crippen molar-refractivity contribution in [1.82, 2.24) is 9.97 Å². The molecule has 0 unspecified atom stereocenters. The van der Waals surface area contributed by atoms with Gasteiger partial charge in [-0.2, -0.15) is 0 Å². The van der Waals surface area contributed by atoms with Crippen LogP contribution < -0.4 is 5.73 Å². The van der Waals surface area contributed by atoms with Gasteiger partial charge in [0, 0.05) is 0 Å². The molecule has 1 heterocycles. The molecular weight excluding hydrogens is 327 g/mol. The number of hydrogen-bond donors (Lipinski definition) is 1. The first-order valence-corrected chi connectivity index (χ1v) is 6.17. The number of methoxy groups -OCH3 is 1. The highest BCUT2D eigenvalue weighted by molar-refractivity contribution is 6.35. The Morgan fingerprint density at radius 1 is 1.24 bits per heavy atom. The van der Waals surface area contributed by atoms with E-state index < -0.39 is 22.6 Å². The van der Waals surface area contributed by atoms with Crippen molar-refractivity contribution in [3.63, 3.8) is 0 Å². The standard InChI is InChI=1S/C12H7Cl2F2N3O2/c1-21-12(20)9-6(14)10(17)19-11(18-9)4-2-3-5(13)8(16)7(4)15/h2-3H,1H3,(H2,17,18,19). The molecule has 1 aromatic heterocycles. The molecule has 1 aromatic carbocycles. The van der Waals surface area contributed by atoms with Crippen molar-refractivity contribution in [2.45, 2.75) is 0 Å². The lowest BCUT2D eigenvalue weighted by molar-refractivity contribution is 0.0594. The predicted octanol–water partition coefficient (Wildman–Crippen LogP) is 3.10. The molecular formula is C12H7Cl2F2N3O2. The fraction of sp³-hybridized carbons (Fsp3) is 0.0833. The minimum Gasteiger partial charge on any atom is -0.464 e. The highest BCUT2D eigenvalue weighted by Crippen LogP contribution is 2.29. The Morgan fingerprint density at radius 2 is 1.90 bits per heavy atom. The molecule has 0 spiro atoms. The molecule has 2 aromatic rings. The topological polar surface area (TPSA) is 78.1 Å². The number of esters is 1. The second kappa shape index (κ2) is 5.79. The lowest BCUT2D eigenvalue weighted by Gasteiger charge is -2.08. The highest BCUT2D eigenvalue weighted by Gasteiger charge is 2.22. The second-order valence-corrected chi connectivity index (χ2v) is 4.59. The maximum Gasteiger partial charge on any atom is 0.358 e. The monoisotopic (exact) mass is 333 g/mol. The molecule has 110 valence electrons. The summed E-state index contributed by atoms with van der Waals surface area (Å²) in [6, 6.07) is 2.28. The van der Waals surface area contributed by atoms with Gasteiger partial charge in [0.15, 0.2) is 23.2 Å². The van der Waals surface area contributed by atoms with E-state index in [1.807, 2.05) is 0 Å². The average Bonchev–Trinajstić information content (AvgIpc) is 2.47. The summed E-state index contributed by atoms with van der Waals surface area (Å²) < 4.78 is 31.8. The van der Waals surface area contributed by atoms with E-state index in [-0.39, 0.29) is 27.9 Å². The van der Waals surface area contributed by atoms with Crippen molar-refractivity contribution in [3.8, 4) is 11.4 Å². The summed E-state index contributed by atoms with van der Waals surface area (Å²) in [4.78, 5) is 19.0. The highest BCUT2D eigenvalue weighted by atomic mass is 35.5. The van der Waals surface area contributed by atoms with Gasteiger partial charge in [-0.1, -0.05) is 23.2 Å². The molecule has 21 heavy (non-hydrogen) atoms. The van der Waals surface area contributed by atoms with Crippen LogP contribution in [0.5, 0.6) is 0 Å². The molecule has 0 aliphatic rings. The van der Waals surface area contributed by atoms with Gasteiger partial charge in [0.25, 0.3) is 0 Å². The van der Waals surface area contributed by atoms with Gasteiger partial charge in [0.2, 0.25) is 0 Å². The van der Waals surface area contributed by atoms with E-state index in [4.69, 9.17) is 28.9 Å². The van der Waals surface area contributed by atoms with Crippen molar-refractivity contribution in [3.05, 3.63) is 39.5 Å². The Kier molecular flexibility index (Phi) is 4.24. The van der Waals surface area contributed by atoms with E-state index in [2.05, 4.69) is 14.7 Å². The van der Waals surface area contributed by atoms with Crippen LogP contribution in [0, 0.1) is 11.6 Å². The SMILES string of the molecule is COC(=O)c1nc(-c2ccc(Cl)c(F)c2F)nc(N)c1Cl. The summed E-state index contributed by atoms with van der Waals surface area (Å²) >= 11 is 11.2. The number of nitrogen functional groups attached to an aromatic ring is 1. The van der Waals surface area contributed by atoms with Crippen molar-refractivity contribution < 1.29 is 18.3 Å². The second-order valence-electron chi connectivity index (χ2n) is 3.81. The average molecular weight is 334 g/mol. The lowest BCUT2D eigenvalue weighted by atomic mass is 10.2. The minimum atomic E-state index is -1.26. The Hall–Kier alpha value is -1.99. The summed E-state index contributed by atoms with van der Waals surface area (Å²) in [5.41, 5.74) is 4.87. The number of rotatable bonds is 2. The van der Waals surface area contributed by atoms with Crippen molar-refractivity contribution in [2.75, 3.05) is 12.8 Å². The molecule has 0 fully saturated rings. The van der Waals surface area contributed by atoms with Crippen LogP contribution in [0.25, 0.3) is 11.4 Å². The fourth-order valence-electron chi connectivity index (χ4n) is 1.52. The van der Waals surface area contributed by atoms with Crippen molar-refractivity contribution >= 4 is 35.0 Å². The molecule has 0 aliphatic carbocycles. The Morgan fingerprint density at radius 3 is 2.52 bits per heavy atom.